The molecule has 8 heavy (non-hydrogen) atoms. The summed E-state index contributed by atoms with van der Waals surface area (Å²) in [5.41, 5.74) is 0. The van der Waals surface area contributed by atoms with E-state index in [-0.39, 0.29) is 35.7 Å². The SMILES string of the molecule is O=S([O-])S(=O)[O-].[NH4+].[Na+]. The van der Waals surface area contributed by atoms with E-state index in [9.17, 15) is 0 Å². The zero-order valence-corrected chi connectivity index (χ0v) is 8.08. The number of hydrogen-bond donors (Lipinski definition) is 1. The van der Waals surface area contributed by atoms with Crippen LogP contribution in [0.4, 0.5) is 0 Å². The molecule has 0 aliphatic rings. The molecule has 0 aromatic heterocycles. The summed E-state index contributed by atoms with van der Waals surface area (Å²) in [6.07, 6.45) is 0. The summed E-state index contributed by atoms with van der Waals surface area (Å²) in [6.45, 7) is 0. The second-order valence-electron chi connectivity index (χ2n) is 0.408. The van der Waals surface area contributed by atoms with Gasteiger partial charge in [-0.1, -0.05) is 0 Å². The van der Waals surface area contributed by atoms with Gasteiger partial charge in [0, 0.05) is 20.2 Å². The minimum Gasteiger partial charge on any atom is -0.763 e. The quantitative estimate of drug-likeness (QED) is 0.245. The van der Waals surface area contributed by atoms with Crippen molar-refractivity contribution >= 4 is 20.2 Å². The maximum Gasteiger partial charge on any atom is 1.00 e. The van der Waals surface area contributed by atoms with Gasteiger partial charge in [0.15, 0.2) is 0 Å². The fourth-order valence-corrected chi connectivity index (χ4v) is 0. The van der Waals surface area contributed by atoms with Gasteiger partial charge in [0.2, 0.25) is 0 Å². The summed E-state index contributed by atoms with van der Waals surface area (Å²) < 4.78 is 36.3. The van der Waals surface area contributed by atoms with Crippen molar-refractivity contribution in [3.63, 3.8) is 0 Å². The molecule has 0 fully saturated rings. The van der Waals surface area contributed by atoms with Gasteiger partial charge >= 0.3 is 29.6 Å². The first-order chi connectivity index (χ1) is 2.64. The normalized spacial score (nSPS) is 14.8. The van der Waals surface area contributed by atoms with E-state index in [0.717, 1.165) is 0 Å². The van der Waals surface area contributed by atoms with Gasteiger partial charge in [-0.15, -0.1) is 0 Å². The molecule has 0 bridgehead atoms. The third-order valence-corrected chi connectivity index (χ3v) is 1.00. The van der Waals surface area contributed by atoms with Crippen LogP contribution in [0.1, 0.15) is 0 Å². The summed E-state index contributed by atoms with van der Waals surface area (Å²) in [5, 5.41) is 0. The fraction of sp³-hybridized carbons (Fsp3) is 0. The van der Waals surface area contributed by atoms with Gasteiger partial charge < -0.3 is 15.3 Å². The van der Waals surface area contributed by atoms with Crippen molar-refractivity contribution < 1.29 is 47.1 Å². The molecule has 2 unspecified atom stereocenters. The number of quaternary nitrogens is 1. The van der Waals surface area contributed by atoms with Gasteiger partial charge in [-0.2, -0.15) is 0 Å². The molecule has 0 aliphatic heterocycles. The molecule has 0 rings (SSSR count). The van der Waals surface area contributed by atoms with E-state index in [2.05, 4.69) is 0 Å². The first-order valence-corrected chi connectivity index (χ1v) is 3.50. The van der Waals surface area contributed by atoms with Crippen LogP contribution in [0.25, 0.3) is 0 Å². The minimum atomic E-state index is -2.95. The molecule has 5 nitrogen and oxygen atoms in total. The molecule has 0 aromatic rings. The van der Waals surface area contributed by atoms with Crippen molar-refractivity contribution in [3.05, 3.63) is 0 Å². The molecule has 0 aliphatic carbocycles. The van der Waals surface area contributed by atoms with Crippen LogP contribution in [0, 0.1) is 0 Å². The van der Waals surface area contributed by atoms with Gasteiger partial charge in [-0.25, -0.2) is 0 Å². The first kappa shape index (κ1) is 16.1. The van der Waals surface area contributed by atoms with Crippen LogP contribution in [0.15, 0.2) is 0 Å². The Balaban J connectivity index is -0.000000125. The fourth-order valence-electron chi connectivity index (χ4n) is 0. The smallest absolute Gasteiger partial charge is 0.763 e. The van der Waals surface area contributed by atoms with Crippen LogP contribution in [-0.4, -0.2) is 17.5 Å². The largest absolute Gasteiger partial charge is 1.00 e. The summed E-state index contributed by atoms with van der Waals surface area (Å²) in [5.74, 6) is 0. The Hall–Kier alpha value is 1.18. The molecule has 2 atom stereocenters. The molecular weight excluding hydrogens is 165 g/mol. The average molecular weight is 169 g/mol. The molecule has 8 heteroatoms. The Morgan fingerprint density at radius 1 is 1.00 bits per heavy atom. The summed E-state index contributed by atoms with van der Waals surface area (Å²) >= 11 is 0. The van der Waals surface area contributed by atoms with Crippen LogP contribution in [0.5, 0.6) is 0 Å². The van der Waals surface area contributed by atoms with Gasteiger partial charge in [0.1, 0.15) is 0 Å². The van der Waals surface area contributed by atoms with Crippen molar-refractivity contribution in [1.29, 1.82) is 0 Å². The Kier molecular flexibility index (Phi) is 16.4. The number of hydrogen-bond acceptors (Lipinski definition) is 4. The zero-order chi connectivity index (χ0) is 5.15. The zero-order valence-electron chi connectivity index (χ0n) is 4.45. The summed E-state index contributed by atoms with van der Waals surface area (Å²) in [4.78, 5) is 0. The van der Waals surface area contributed by atoms with Crippen molar-refractivity contribution in [2.24, 2.45) is 0 Å². The predicted molar refractivity (Wildman–Crippen MR) is 23.8 cm³/mol. The second-order valence-corrected chi connectivity index (χ2v) is 2.86. The molecule has 0 saturated carbocycles. The van der Waals surface area contributed by atoms with Gasteiger partial charge in [-0.05, 0) is 0 Å². The second kappa shape index (κ2) is 8.18. The van der Waals surface area contributed by atoms with Crippen LogP contribution < -0.4 is 35.7 Å². The van der Waals surface area contributed by atoms with Crippen molar-refractivity contribution in [2.45, 2.75) is 0 Å². The van der Waals surface area contributed by atoms with E-state index >= 15 is 0 Å². The Bertz CT molecular complexity index is 80.0. The number of rotatable bonds is 1. The van der Waals surface area contributed by atoms with E-state index in [0.29, 0.717) is 0 Å². The van der Waals surface area contributed by atoms with Crippen molar-refractivity contribution in [3.8, 4) is 0 Å². The molecule has 0 radical (unpaired) electrons. The minimum absolute atomic E-state index is 0. The topological polar surface area (TPSA) is 117 Å². The molecule has 0 saturated heterocycles. The van der Waals surface area contributed by atoms with Gasteiger partial charge in [0.25, 0.3) is 0 Å². The maximum absolute atomic E-state index is 9.09. The van der Waals surface area contributed by atoms with Crippen LogP contribution >= 0.6 is 0 Å². The third-order valence-electron chi connectivity index (χ3n) is 0.111. The van der Waals surface area contributed by atoms with Crippen LogP contribution in [0.3, 0.4) is 0 Å². The molecule has 0 heterocycles. The van der Waals surface area contributed by atoms with E-state index in [4.69, 9.17) is 17.5 Å². The maximum atomic E-state index is 9.09. The standard InChI is InChI=1S/H3N.Na.H2O4S2/c;;1-5(2)6(3)4/h1H3;;(H,1,2)(H,3,4)/q;+1;/p-1. The molecule has 0 aromatic carbocycles. The summed E-state index contributed by atoms with van der Waals surface area (Å²) in [7, 11) is -5.90. The van der Waals surface area contributed by atoms with E-state index in [1.807, 2.05) is 0 Å². The van der Waals surface area contributed by atoms with Crippen molar-refractivity contribution in [1.82, 2.24) is 6.15 Å². The Morgan fingerprint density at radius 3 is 1.12 bits per heavy atom. The van der Waals surface area contributed by atoms with Crippen LogP contribution in [0.2, 0.25) is 0 Å². The molecule has 0 spiro atoms. The van der Waals surface area contributed by atoms with Gasteiger partial charge in [-0.3, -0.25) is 8.42 Å². The van der Waals surface area contributed by atoms with Crippen molar-refractivity contribution in [2.75, 3.05) is 0 Å². The average Bonchev–Trinajstić information content (AvgIpc) is 1.36. The van der Waals surface area contributed by atoms with E-state index in [1.165, 1.54) is 0 Å². The first-order valence-electron chi connectivity index (χ1n) is 0.833. The Morgan fingerprint density at radius 2 is 1.12 bits per heavy atom. The van der Waals surface area contributed by atoms with E-state index in [1.54, 1.807) is 0 Å². The van der Waals surface area contributed by atoms with Crippen LogP contribution in [-0.2, 0) is 20.2 Å². The Labute approximate surface area is 73.1 Å². The molecule has 4 N–H and O–H groups in total. The monoisotopic (exact) mass is 169 g/mol. The molecule has 0 amide bonds. The molecular formula is H4NNaO4S2. The summed E-state index contributed by atoms with van der Waals surface area (Å²) in [6, 6.07) is 0. The van der Waals surface area contributed by atoms with Gasteiger partial charge in [0.05, 0.1) is 0 Å². The third kappa shape index (κ3) is 10.2. The molecule has 46 valence electrons. The predicted octanol–water partition coefficient (Wildman–Crippen LogP) is -3.96. The van der Waals surface area contributed by atoms with E-state index < -0.39 is 20.2 Å².